The molecule has 1 unspecified atom stereocenters. The summed E-state index contributed by atoms with van der Waals surface area (Å²) >= 11 is 1.66. The van der Waals surface area contributed by atoms with E-state index >= 15 is 0 Å². The predicted octanol–water partition coefficient (Wildman–Crippen LogP) is 2.98. The zero-order valence-corrected chi connectivity index (χ0v) is 12.2. The first-order chi connectivity index (χ1) is 9.61. The molecule has 2 aromatic rings. The highest BCUT2D eigenvalue weighted by Crippen LogP contribution is 2.21. The molecule has 0 fully saturated rings. The molecular formula is C15H17NO3S. The fourth-order valence-electron chi connectivity index (χ4n) is 1.98. The van der Waals surface area contributed by atoms with Crippen LogP contribution >= 0.6 is 11.3 Å². The van der Waals surface area contributed by atoms with E-state index < -0.39 is 12.0 Å². The summed E-state index contributed by atoms with van der Waals surface area (Å²) < 4.78 is 5.14. The molecule has 0 saturated heterocycles. The van der Waals surface area contributed by atoms with Crippen LogP contribution in [0, 0.1) is 6.92 Å². The first kappa shape index (κ1) is 14.6. The van der Waals surface area contributed by atoms with E-state index in [0.29, 0.717) is 17.9 Å². The molecule has 0 aliphatic rings. The van der Waals surface area contributed by atoms with Crippen molar-refractivity contribution in [3.63, 3.8) is 0 Å². The van der Waals surface area contributed by atoms with Crippen LogP contribution in [0.5, 0.6) is 5.75 Å². The Morgan fingerprint density at radius 2 is 2.25 bits per heavy atom. The average Bonchev–Trinajstić information content (AvgIpc) is 2.84. The normalized spacial score (nSPS) is 12.1. The van der Waals surface area contributed by atoms with E-state index in [1.807, 2.05) is 18.4 Å². The number of hydrogen-bond acceptors (Lipinski definition) is 4. The fraction of sp³-hybridized carbons (Fsp3) is 0.267. The van der Waals surface area contributed by atoms with Gasteiger partial charge >= 0.3 is 5.97 Å². The maximum atomic E-state index is 11.4. The number of nitrogens with one attached hydrogen (secondary N) is 1. The average molecular weight is 291 g/mol. The van der Waals surface area contributed by atoms with Gasteiger partial charge in [-0.2, -0.15) is 0 Å². The largest absolute Gasteiger partial charge is 0.497 e. The topological polar surface area (TPSA) is 58.6 Å². The van der Waals surface area contributed by atoms with Crippen molar-refractivity contribution < 1.29 is 14.6 Å². The van der Waals surface area contributed by atoms with Gasteiger partial charge < -0.3 is 9.84 Å². The summed E-state index contributed by atoms with van der Waals surface area (Å²) in [6, 6.07) is 8.38. The Morgan fingerprint density at radius 1 is 1.45 bits per heavy atom. The molecule has 0 amide bonds. The highest BCUT2D eigenvalue weighted by atomic mass is 32.1. The molecule has 1 heterocycles. The van der Waals surface area contributed by atoms with Crippen LogP contribution in [0.15, 0.2) is 35.7 Å². The van der Waals surface area contributed by atoms with Crippen LogP contribution in [0.3, 0.4) is 0 Å². The standard InChI is InChI=1S/C15H17NO3S/c1-10-12(6-7-20-10)9-16-14(15(17)18)11-4-3-5-13(8-11)19-2/h3-8,14,16H,9H2,1-2H3,(H,17,18). The lowest BCUT2D eigenvalue weighted by Gasteiger charge is -2.15. The van der Waals surface area contributed by atoms with Gasteiger partial charge in [0.25, 0.3) is 0 Å². The molecule has 20 heavy (non-hydrogen) atoms. The van der Waals surface area contributed by atoms with Gasteiger partial charge in [-0.05, 0) is 41.6 Å². The Kier molecular flexibility index (Phi) is 4.76. The third-order valence-electron chi connectivity index (χ3n) is 3.14. The number of methoxy groups -OCH3 is 1. The second-order valence-electron chi connectivity index (χ2n) is 4.43. The minimum atomic E-state index is -0.897. The smallest absolute Gasteiger partial charge is 0.325 e. The number of carboxylic acid groups (broad SMARTS) is 1. The van der Waals surface area contributed by atoms with Crippen LogP contribution in [0.1, 0.15) is 22.0 Å². The third kappa shape index (κ3) is 3.37. The summed E-state index contributed by atoms with van der Waals surface area (Å²) in [7, 11) is 1.57. The Labute approximate surface area is 122 Å². The maximum Gasteiger partial charge on any atom is 0.325 e. The van der Waals surface area contributed by atoms with E-state index in [0.717, 1.165) is 5.56 Å². The van der Waals surface area contributed by atoms with Crippen molar-refractivity contribution in [2.45, 2.75) is 19.5 Å². The van der Waals surface area contributed by atoms with Gasteiger partial charge in [-0.15, -0.1) is 11.3 Å². The molecule has 106 valence electrons. The predicted molar refractivity (Wildman–Crippen MR) is 79.3 cm³/mol. The van der Waals surface area contributed by atoms with Crippen LogP contribution in [0.4, 0.5) is 0 Å². The molecule has 0 aliphatic carbocycles. The SMILES string of the molecule is COc1cccc(C(NCc2ccsc2C)C(=O)O)c1. The molecule has 0 saturated carbocycles. The fourth-order valence-corrected chi connectivity index (χ4v) is 2.70. The second kappa shape index (κ2) is 6.54. The van der Waals surface area contributed by atoms with Crippen LogP contribution in [0.2, 0.25) is 0 Å². The summed E-state index contributed by atoms with van der Waals surface area (Å²) in [5, 5.41) is 14.5. The van der Waals surface area contributed by atoms with Crippen molar-refractivity contribution in [2.24, 2.45) is 0 Å². The lowest BCUT2D eigenvalue weighted by atomic mass is 10.1. The number of hydrogen-bond donors (Lipinski definition) is 2. The van der Waals surface area contributed by atoms with Crippen molar-refractivity contribution in [3.8, 4) is 5.75 Å². The molecule has 1 aromatic heterocycles. The monoisotopic (exact) mass is 291 g/mol. The van der Waals surface area contributed by atoms with Crippen molar-refractivity contribution in [2.75, 3.05) is 7.11 Å². The van der Waals surface area contributed by atoms with Gasteiger partial charge in [0.1, 0.15) is 11.8 Å². The van der Waals surface area contributed by atoms with Gasteiger partial charge in [-0.3, -0.25) is 10.1 Å². The Bertz CT molecular complexity index is 594. The molecule has 2 rings (SSSR count). The Balaban J connectivity index is 2.14. The van der Waals surface area contributed by atoms with E-state index in [4.69, 9.17) is 4.74 Å². The van der Waals surface area contributed by atoms with E-state index in [2.05, 4.69) is 5.32 Å². The number of thiophene rings is 1. The zero-order chi connectivity index (χ0) is 14.5. The second-order valence-corrected chi connectivity index (χ2v) is 5.55. The number of aryl methyl sites for hydroxylation is 1. The van der Waals surface area contributed by atoms with E-state index in [1.54, 1.807) is 42.7 Å². The molecule has 0 aliphatic heterocycles. The summed E-state index contributed by atoms with van der Waals surface area (Å²) in [6.45, 7) is 2.56. The van der Waals surface area contributed by atoms with E-state index in [9.17, 15) is 9.90 Å². The summed E-state index contributed by atoms with van der Waals surface area (Å²) in [5.41, 5.74) is 1.81. The summed E-state index contributed by atoms with van der Waals surface area (Å²) in [4.78, 5) is 12.6. The minimum Gasteiger partial charge on any atom is -0.497 e. The van der Waals surface area contributed by atoms with Gasteiger partial charge in [0.15, 0.2) is 0 Å². The van der Waals surface area contributed by atoms with Crippen LogP contribution in [0.25, 0.3) is 0 Å². The van der Waals surface area contributed by atoms with Crippen LogP contribution in [-0.4, -0.2) is 18.2 Å². The van der Waals surface area contributed by atoms with Gasteiger partial charge in [0.2, 0.25) is 0 Å². The number of carboxylic acids is 1. The van der Waals surface area contributed by atoms with Gasteiger partial charge in [-0.25, -0.2) is 0 Å². The lowest BCUT2D eigenvalue weighted by Crippen LogP contribution is -2.28. The minimum absolute atomic E-state index is 0.531. The number of aliphatic carboxylic acids is 1. The Hall–Kier alpha value is -1.85. The number of carbonyl (C=O) groups is 1. The van der Waals surface area contributed by atoms with Gasteiger partial charge in [0.05, 0.1) is 7.11 Å². The quantitative estimate of drug-likeness (QED) is 0.859. The molecule has 4 nitrogen and oxygen atoms in total. The lowest BCUT2D eigenvalue weighted by molar-refractivity contribution is -0.139. The number of rotatable bonds is 6. The van der Waals surface area contributed by atoms with Gasteiger partial charge in [-0.1, -0.05) is 12.1 Å². The first-order valence-electron chi connectivity index (χ1n) is 6.25. The number of ether oxygens (including phenoxy) is 1. The van der Waals surface area contributed by atoms with Crippen LogP contribution < -0.4 is 10.1 Å². The van der Waals surface area contributed by atoms with Crippen molar-refractivity contribution in [1.29, 1.82) is 0 Å². The molecule has 5 heteroatoms. The Morgan fingerprint density at radius 3 is 2.85 bits per heavy atom. The summed E-state index contributed by atoms with van der Waals surface area (Å²) in [5.74, 6) is -0.242. The molecular weight excluding hydrogens is 274 g/mol. The molecule has 1 aromatic carbocycles. The number of benzene rings is 1. The molecule has 0 spiro atoms. The highest BCUT2D eigenvalue weighted by molar-refractivity contribution is 7.10. The van der Waals surface area contributed by atoms with E-state index in [-0.39, 0.29) is 0 Å². The van der Waals surface area contributed by atoms with Gasteiger partial charge in [0, 0.05) is 11.4 Å². The summed E-state index contributed by atoms with van der Waals surface area (Å²) in [6.07, 6.45) is 0. The first-order valence-corrected chi connectivity index (χ1v) is 7.13. The van der Waals surface area contributed by atoms with E-state index in [1.165, 1.54) is 4.88 Å². The van der Waals surface area contributed by atoms with Crippen molar-refractivity contribution in [3.05, 3.63) is 51.7 Å². The molecule has 0 radical (unpaired) electrons. The third-order valence-corrected chi connectivity index (χ3v) is 4.02. The highest BCUT2D eigenvalue weighted by Gasteiger charge is 2.19. The zero-order valence-electron chi connectivity index (χ0n) is 11.4. The molecule has 1 atom stereocenters. The molecule has 0 bridgehead atoms. The van der Waals surface area contributed by atoms with Crippen molar-refractivity contribution in [1.82, 2.24) is 5.32 Å². The molecule has 2 N–H and O–H groups in total. The van der Waals surface area contributed by atoms with Crippen molar-refractivity contribution >= 4 is 17.3 Å². The maximum absolute atomic E-state index is 11.4. The van der Waals surface area contributed by atoms with Crippen LogP contribution in [-0.2, 0) is 11.3 Å².